The normalized spacial score (nSPS) is 22.9. The van der Waals surface area contributed by atoms with E-state index in [0.717, 1.165) is 19.4 Å². The Bertz CT molecular complexity index is 541. The second-order valence-corrected chi connectivity index (χ2v) is 6.15. The molecule has 1 amide bonds. The number of ether oxygens (including phenoxy) is 1. The molecule has 1 aromatic rings. The Morgan fingerprint density at radius 2 is 2.27 bits per heavy atom. The minimum atomic E-state index is -0.516. The van der Waals surface area contributed by atoms with Crippen LogP contribution in [-0.2, 0) is 4.74 Å². The summed E-state index contributed by atoms with van der Waals surface area (Å²) in [6.07, 6.45) is 5.98. The molecule has 0 radical (unpaired) electrons. The summed E-state index contributed by atoms with van der Waals surface area (Å²) in [5.41, 5.74) is 5.75. The number of rotatable bonds is 6. The number of hydrogen-bond acceptors (Lipinski definition) is 6. The molecule has 0 spiro atoms. The van der Waals surface area contributed by atoms with Crippen molar-refractivity contribution >= 4 is 17.7 Å². The van der Waals surface area contributed by atoms with Crippen molar-refractivity contribution < 1.29 is 9.53 Å². The zero-order valence-electron chi connectivity index (χ0n) is 12.8. The van der Waals surface area contributed by atoms with Gasteiger partial charge in [0.05, 0.1) is 18.2 Å². The summed E-state index contributed by atoms with van der Waals surface area (Å²) in [4.78, 5) is 20.2. The molecule has 2 fully saturated rings. The topological polar surface area (TPSA) is 102 Å². The largest absolute Gasteiger partial charge is 0.379 e. The van der Waals surface area contributed by atoms with Gasteiger partial charge in [-0.15, -0.1) is 0 Å². The minimum Gasteiger partial charge on any atom is -0.379 e. The number of carbonyl (C=O) groups excluding carboxylic acids is 1. The lowest BCUT2D eigenvalue weighted by molar-refractivity contribution is 0.0874. The zero-order chi connectivity index (χ0) is 15.5. The van der Waals surface area contributed by atoms with Gasteiger partial charge < -0.3 is 21.1 Å². The maximum absolute atomic E-state index is 11.6. The number of primary amides is 1. The molecule has 7 nitrogen and oxygen atoms in total. The summed E-state index contributed by atoms with van der Waals surface area (Å²) in [6, 6.07) is 0.487. The standard InChI is InChI=1S/C15H23N5O2/c1-9(10-4-5-10)18-14-12(13(16)21)7-17-15(20-14)19-11-3-2-6-22-8-11/h7,9-11H,2-6,8H2,1H3,(H2,16,21)(H2,17,18,19,20)/t9-,11+/m1/s1. The van der Waals surface area contributed by atoms with Crippen LogP contribution in [0.5, 0.6) is 0 Å². The Hall–Kier alpha value is -1.89. The van der Waals surface area contributed by atoms with Crippen LogP contribution in [0.4, 0.5) is 11.8 Å². The number of amides is 1. The lowest BCUT2D eigenvalue weighted by atomic mass is 10.1. The third kappa shape index (κ3) is 3.65. The van der Waals surface area contributed by atoms with Crippen molar-refractivity contribution in [3.05, 3.63) is 11.8 Å². The van der Waals surface area contributed by atoms with E-state index in [0.29, 0.717) is 29.9 Å². The fourth-order valence-corrected chi connectivity index (χ4v) is 2.71. The Kier molecular flexibility index (Phi) is 4.42. The number of nitrogens with two attached hydrogens (primary N) is 1. The van der Waals surface area contributed by atoms with Crippen LogP contribution in [0.1, 0.15) is 43.0 Å². The van der Waals surface area contributed by atoms with E-state index in [4.69, 9.17) is 10.5 Å². The fraction of sp³-hybridized carbons (Fsp3) is 0.667. The Balaban J connectivity index is 1.74. The van der Waals surface area contributed by atoms with Gasteiger partial charge in [-0.1, -0.05) is 0 Å². The van der Waals surface area contributed by atoms with Crippen molar-refractivity contribution in [3.63, 3.8) is 0 Å². The minimum absolute atomic E-state index is 0.210. The quantitative estimate of drug-likeness (QED) is 0.734. The molecule has 2 heterocycles. The van der Waals surface area contributed by atoms with Crippen LogP contribution in [0.15, 0.2) is 6.20 Å². The highest BCUT2D eigenvalue weighted by Gasteiger charge is 2.29. The first kappa shape index (κ1) is 15.0. The first-order valence-corrected chi connectivity index (χ1v) is 7.91. The molecule has 22 heavy (non-hydrogen) atoms. The second-order valence-electron chi connectivity index (χ2n) is 6.15. The van der Waals surface area contributed by atoms with E-state index in [2.05, 4.69) is 27.5 Å². The molecule has 0 bridgehead atoms. The summed E-state index contributed by atoms with van der Waals surface area (Å²) in [5, 5.41) is 6.57. The number of nitrogens with zero attached hydrogens (tertiary/aromatic N) is 2. The Morgan fingerprint density at radius 3 is 2.91 bits per heavy atom. The molecule has 2 aliphatic rings. The lowest BCUT2D eigenvalue weighted by Gasteiger charge is -2.23. The van der Waals surface area contributed by atoms with Gasteiger partial charge in [0, 0.05) is 18.8 Å². The van der Waals surface area contributed by atoms with Crippen LogP contribution in [0.2, 0.25) is 0 Å². The molecule has 7 heteroatoms. The van der Waals surface area contributed by atoms with Crippen LogP contribution in [-0.4, -0.2) is 41.2 Å². The molecular formula is C15H23N5O2. The average molecular weight is 305 g/mol. The van der Waals surface area contributed by atoms with Gasteiger partial charge in [0.25, 0.3) is 5.91 Å². The van der Waals surface area contributed by atoms with E-state index >= 15 is 0 Å². The third-order valence-electron chi connectivity index (χ3n) is 4.24. The van der Waals surface area contributed by atoms with Crippen LogP contribution >= 0.6 is 0 Å². The molecular weight excluding hydrogens is 282 g/mol. The highest BCUT2D eigenvalue weighted by atomic mass is 16.5. The maximum Gasteiger partial charge on any atom is 0.254 e. The van der Waals surface area contributed by atoms with Crippen molar-refractivity contribution in [2.24, 2.45) is 11.7 Å². The molecule has 1 saturated carbocycles. The number of nitrogens with one attached hydrogen (secondary N) is 2. The molecule has 3 rings (SSSR count). The van der Waals surface area contributed by atoms with Gasteiger partial charge in [0.15, 0.2) is 0 Å². The first-order valence-electron chi connectivity index (χ1n) is 7.91. The first-order chi connectivity index (χ1) is 10.6. The van der Waals surface area contributed by atoms with E-state index < -0.39 is 5.91 Å². The van der Waals surface area contributed by atoms with Gasteiger partial charge >= 0.3 is 0 Å². The van der Waals surface area contributed by atoms with E-state index in [-0.39, 0.29) is 12.1 Å². The summed E-state index contributed by atoms with van der Waals surface area (Å²) in [7, 11) is 0. The van der Waals surface area contributed by atoms with Gasteiger partial charge in [-0.2, -0.15) is 4.98 Å². The monoisotopic (exact) mass is 305 g/mol. The molecule has 0 unspecified atom stereocenters. The van der Waals surface area contributed by atoms with Crippen molar-refractivity contribution in [2.75, 3.05) is 23.8 Å². The van der Waals surface area contributed by atoms with E-state index in [1.54, 1.807) is 0 Å². The molecule has 1 aliphatic heterocycles. The van der Waals surface area contributed by atoms with Crippen LogP contribution in [0.3, 0.4) is 0 Å². The summed E-state index contributed by atoms with van der Waals surface area (Å²) >= 11 is 0. The summed E-state index contributed by atoms with van der Waals surface area (Å²) in [5.74, 6) is 1.16. The number of hydrogen-bond donors (Lipinski definition) is 3. The smallest absolute Gasteiger partial charge is 0.254 e. The van der Waals surface area contributed by atoms with Crippen LogP contribution in [0, 0.1) is 5.92 Å². The molecule has 1 aliphatic carbocycles. The van der Waals surface area contributed by atoms with Gasteiger partial charge in [-0.05, 0) is 38.5 Å². The lowest BCUT2D eigenvalue weighted by Crippen LogP contribution is -2.31. The molecule has 0 aromatic carbocycles. The highest BCUT2D eigenvalue weighted by molar-refractivity contribution is 5.97. The molecule has 4 N–H and O–H groups in total. The maximum atomic E-state index is 11.6. The molecule has 1 aromatic heterocycles. The number of anilines is 2. The van der Waals surface area contributed by atoms with Gasteiger partial charge in [0.1, 0.15) is 5.82 Å². The molecule has 1 saturated heterocycles. The summed E-state index contributed by atoms with van der Waals surface area (Å²) in [6.45, 7) is 3.57. The van der Waals surface area contributed by atoms with E-state index in [1.807, 2.05) is 0 Å². The van der Waals surface area contributed by atoms with Gasteiger partial charge in [0.2, 0.25) is 5.95 Å². The van der Waals surface area contributed by atoms with Crippen molar-refractivity contribution in [1.29, 1.82) is 0 Å². The number of aromatic nitrogens is 2. The Labute approximate surface area is 130 Å². The van der Waals surface area contributed by atoms with Crippen molar-refractivity contribution in [3.8, 4) is 0 Å². The third-order valence-corrected chi connectivity index (χ3v) is 4.24. The molecule has 2 atom stereocenters. The zero-order valence-corrected chi connectivity index (χ0v) is 12.8. The Morgan fingerprint density at radius 1 is 1.45 bits per heavy atom. The second kappa shape index (κ2) is 6.48. The SMILES string of the molecule is C[C@@H](Nc1nc(N[C@H]2CCCOC2)ncc1C(N)=O)C1CC1. The van der Waals surface area contributed by atoms with Gasteiger partial charge in [-0.3, -0.25) is 4.79 Å². The molecule has 120 valence electrons. The highest BCUT2D eigenvalue weighted by Crippen LogP contribution is 2.34. The predicted molar refractivity (Wildman–Crippen MR) is 83.8 cm³/mol. The van der Waals surface area contributed by atoms with Crippen molar-refractivity contribution in [1.82, 2.24) is 9.97 Å². The fourth-order valence-electron chi connectivity index (χ4n) is 2.71. The van der Waals surface area contributed by atoms with Crippen LogP contribution in [0.25, 0.3) is 0 Å². The van der Waals surface area contributed by atoms with Gasteiger partial charge in [-0.25, -0.2) is 4.98 Å². The van der Waals surface area contributed by atoms with Crippen molar-refractivity contribution in [2.45, 2.75) is 44.7 Å². The van der Waals surface area contributed by atoms with Crippen LogP contribution < -0.4 is 16.4 Å². The van der Waals surface area contributed by atoms with E-state index in [9.17, 15) is 4.79 Å². The number of carbonyl (C=O) groups is 1. The van der Waals surface area contributed by atoms with E-state index in [1.165, 1.54) is 19.0 Å². The predicted octanol–water partition coefficient (Wildman–Crippen LogP) is 1.38. The average Bonchev–Trinajstić information content (AvgIpc) is 3.33. The summed E-state index contributed by atoms with van der Waals surface area (Å²) < 4.78 is 5.44.